The van der Waals surface area contributed by atoms with Crippen LogP contribution in [0.5, 0.6) is 0 Å². The molecule has 28 heavy (non-hydrogen) atoms. The van der Waals surface area contributed by atoms with Crippen LogP contribution in [-0.4, -0.2) is 45.7 Å². The normalized spacial score (nSPS) is 10.8. The van der Waals surface area contributed by atoms with Crippen LogP contribution in [0.3, 0.4) is 0 Å². The Kier molecular flexibility index (Phi) is 6.31. The van der Waals surface area contributed by atoms with Crippen molar-refractivity contribution in [3.8, 4) is 0 Å². The van der Waals surface area contributed by atoms with E-state index in [4.69, 9.17) is 11.6 Å². The van der Waals surface area contributed by atoms with Gasteiger partial charge in [-0.15, -0.1) is 0 Å². The van der Waals surface area contributed by atoms with E-state index in [0.29, 0.717) is 36.6 Å². The van der Waals surface area contributed by atoms with Crippen molar-refractivity contribution >= 4 is 28.9 Å². The van der Waals surface area contributed by atoms with Crippen LogP contribution in [0, 0.1) is 0 Å². The van der Waals surface area contributed by atoms with E-state index in [9.17, 15) is 9.59 Å². The average Bonchev–Trinajstić information content (AvgIpc) is 3.10. The molecule has 0 spiro atoms. The molecule has 0 fully saturated rings. The fraction of sp³-hybridized carbons (Fsp3) is 0.286. The van der Waals surface area contributed by atoms with E-state index >= 15 is 0 Å². The van der Waals surface area contributed by atoms with Gasteiger partial charge in [0, 0.05) is 30.9 Å². The first-order valence-corrected chi connectivity index (χ1v) is 9.72. The highest BCUT2D eigenvalue weighted by atomic mass is 35.5. The highest BCUT2D eigenvalue weighted by molar-refractivity contribution is 6.30. The van der Waals surface area contributed by atoms with E-state index < -0.39 is 0 Å². The number of imidazole rings is 1. The molecule has 146 valence electrons. The Hall–Kier alpha value is -2.86. The number of hydrogen-bond donors (Lipinski definition) is 1. The molecule has 0 aliphatic rings. The summed E-state index contributed by atoms with van der Waals surface area (Å²) in [6, 6.07) is 12.9. The summed E-state index contributed by atoms with van der Waals surface area (Å²) >= 11 is 5.89. The number of nitrogens with one attached hydrogen (secondary N) is 1. The lowest BCUT2D eigenvalue weighted by molar-refractivity contribution is 0.0760. The topological polar surface area (TPSA) is 66.7 Å². The zero-order valence-electron chi connectivity index (χ0n) is 16.0. The molecule has 6 nitrogen and oxygen atoms in total. The van der Waals surface area contributed by atoms with Crippen molar-refractivity contribution in [2.45, 2.75) is 20.3 Å². The summed E-state index contributed by atoms with van der Waals surface area (Å²) in [5, 5.41) is 3.57. The van der Waals surface area contributed by atoms with Gasteiger partial charge in [-0.3, -0.25) is 14.0 Å². The second kappa shape index (κ2) is 8.89. The van der Waals surface area contributed by atoms with Crippen molar-refractivity contribution in [3.05, 3.63) is 70.8 Å². The quantitative estimate of drug-likeness (QED) is 0.662. The van der Waals surface area contributed by atoms with Gasteiger partial charge < -0.3 is 10.2 Å². The molecule has 1 aromatic carbocycles. The molecule has 0 aliphatic heterocycles. The van der Waals surface area contributed by atoms with Crippen molar-refractivity contribution < 1.29 is 9.59 Å². The molecular formula is C21H23ClN4O2. The third-order valence-electron chi connectivity index (χ3n) is 4.62. The van der Waals surface area contributed by atoms with Crippen molar-refractivity contribution in [1.82, 2.24) is 19.6 Å². The van der Waals surface area contributed by atoms with Crippen molar-refractivity contribution in [3.63, 3.8) is 0 Å². The highest BCUT2D eigenvalue weighted by Gasteiger charge is 2.23. The van der Waals surface area contributed by atoms with E-state index in [1.807, 2.05) is 50.2 Å². The maximum Gasteiger partial charge on any atom is 0.290 e. The van der Waals surface area contributed by atoms with Crippen LogP contribution in [0.15, 0.2) is 48.7 Å². The SMILES string of the molecule is CCN(CC)C(=O)c1nc(C(=O)NCCc2ccc(Cl)cc2)c2ccccn12. The Labute approximate surface area is 169 Å². The second-order valence-corrected chi connectivity index (χ2v) is 6.79. The molecule has 0 unspecified atom stereocenters. The predicted octanol–water partition coefficient (Wildman–Crippen LogP) is 3.44. The Bertz CT molecular complexity index is 978. The largest absolute Gasteiger partial charge is 0.350 e. The minimum Gasteiger partial charge on any atom is -0.350 e. The lowest BCUT2D eigenvalue weighted by atomic mass is 10.1. The highest BCUT2D eigenvalue weighted by Crippen LogP contribution is 2.15. The third-order valence-corrected chi connectivity index (χ3v) is 4.87. The first-order chi connectivity index (χ1) is 13.5. The zero-order chi connectivity index (χ0) is 20.1. The van der Waals surface area contributed by atoms with Gasteiger partial charge in [-0.2, -0.15) is 0 Å². The minimum absolute atomic E-state index is 0.189. The molecular weight excluding hydrogens is 376 g/mol. The molecule has 0 saturated heterocycles. The van der Waals surface area contributed by atoms with Crippen LogP contribution < -0.4 is 5.32 Å². The summed E-state index contributed by atoms with van der Waals surface area (Å²) in [7, 11) is 0. The molecule has 3 rings (SSSR count). The first-order valence-electron chi connectivity index (χ1n) is 9.34. The van der Waals surface area contributed by atoms with Crippen LogP contribution in [0.25, 0.3) is 5.52 Å². The number of carbonyl (C=O) groups is 2. The van der Waals surface area contributed by atoms with Crippen LogP contribution in [0.2, 0.25) is 5.02 Å². The van der Waals surface area contributed by atoms with Crippen molar-refractivity contribution in [2.75, 3.05) is 19.6 Å². The van der Waals surface area contributed by atoms with E-state index in [1.54, 1.807) is 21.6 Å². The molecule has 2 amide bonds. The predicted molar refractivity (Wildman–Crippen MR) is 110 cm³/mol. The number of hydrogen-bond acceptors (Lipinski definition) is 3. The molecule has 0 saturated carbocycles. The zero-order valence-corrected chi connectivity index (χ0v) is 16.7. The average molecular weight is 399 g/mol. The number of nitrogens with zero attached hydrogens (tertiary/aromatic N) is 3. The fourth-order valence-corrected chi connectivity index (χ4v) is 3.19. The van der Waals surface area contributed by atoms with Gasteiger partial charge in [-0.1, -0.05) is 29.8 Å². The van der Waals surface area contributed by atoms with Crippen molar-refractivity contribution in [2.24, 2.45) is 0 Å². The number of benzene rings is 1. The molecule has 1 N–H and O–H groups in total. The molecule has 0 radical (unpaired) electrons. The Morgan fingerprint density at radius 1 is 1.11 bits per heavy atom. The van der Waals surface area contributed by atoms with Gasteiger partial charge in [0.1, 0.15) is 0 Å². The molecule has 2 aromatic heterocycles. The second-order valence-electron chi connectivity index (χ2n) is 6.35. The van der Waals surface area contributed by atoms with E-state index in [0.717, 1.165) is 5.56 Å². The maximum absolute atomic E-state index is 12.8. The number of carbonyl (C=O) groups excluding carboxylic acids is 2. The molecule has 7 heteroatoms. The van der Waals surface area contributed by atoms with E-state index in [2.05, 4.69) is 10.3 Å². The molecule has 0 bridgehead atoms. The number of halogens is 1. The summed E-state index contributed by atoms with van der Waals surface area (Å²) < 4.78 is 1.68. The van der Waals surface area contributed by atoms with Crippen LogP contribution in [0.4, 0.5) is 0 Å². The molecule has 0 atom stereocenters. The van der Waals surface area contributed by atoms with Crippen molar-refractivity contribution in [1.29, 1.82) is 0 Å². The first kappa shape index (κ1) is 19.9. The summed E-state index contributed by atoms with van der Waals surface area (Å²) in [6.07, 6.45) is 2.43. The van der Waals surface area contributed by atoms with Gasteiger partial charge in [-0.25, -0.2) is 4.98 Å². The van der Waals surface area contributed by atoms with Gasteiger partial charge in [-0.05, 0) is 50.1 Å². The van der Waals surface area contributed by atoms with Crippen LogP contribution in [-0.2, 0) is 6.42 Å². The Morgan fingerprint density at radius 3 is 2.50 bits per heavy atom. The van der Waals surface area contributed by atoms with Gasteiger partial charge in [0.05, 0.1) is 5.52 Å². The van der Waals surface area contributed by atoms with E-state index in [-0.39, 0.29) is 23.3 Å². The van der Waals surface area contributed by atoms with Gasteiger partial charge >= 0.3 is 0 Å². The monoisotopic (exact) mass is 398 g/mol. The summed E-state index contributed by atoms with van der Waals surface area (Å²) in [6.45, 7) is 5.47. The Morgan fingerprint density at radius 2 is 1.82 bits per heavy atom. The van der Waals surface area contributed by atoms with E-state index in [1.165, 1.54) is 0 Å². The molecule has 0 aliphatic carbocycles. The van der Waals surface area contributed by atoms with Gasteiger partial charge in [0.15, 0.2) is 5.69 Å². The smallest absolute Gasteiger partial charge is 0.290 e. The minimum atomic E-state index is -0.295. The number of fused-ring (bicyclic) bond motifs is 1. The molecule has 3 aromatic rings. The number of aromatic nitrogens is 2. The lowest BCUT2D eigenvalue weighted by Crippen LogP contribution is -2.32. The third kappa shape index (κ3) is 4.17. The lowest BCUT2D eigenvalue weighted by Gasteiger charge is -2.17. The molecule has 2 heterocycles. The van der Waals surface area contributed by atoms with Gasteiger partial charge in [0.25, 0.3) is 11.8 Å². The summed E-state index contributed by atoms with van der Waals surface area (Å²) in [5.74, 6) is -0.232. The summed E-state index contributed by atoms with van der Waals surface area (Å²) in [4.78, 5) is 31.6. The maximum atomic E-state index is 12.8. The Balaban J connectivity index is 1.79. The number of rotatable bonds is 7. The van der Waals surface area contributed by atoms with Crippen LogP contribution in [0.1, 0.15) is 40.5 Å². The summed E-state index contributed by atoms with van der Waals surface area (Å²) in [5.41, 5.74) is 1.95. The fourth-order valence-electron chi connectivity index (χ4n) is 3.06. The van der Waals surface area contributed by atoms with Crippen LogP contribution >= 0.6 is 11.6 Å². The standard InChI is InChI=1S/C21H23ClN4O2/c1-3-25(4-2)21(28)19-24-18(17-7-5-6-14-26(17)19)20(27)23-13-12-15-8-10-16(22)11-9-15/h5-11,14H,3-4,12-13H2,1-2H3,(H,23,27). The number of pyridine rings is 1. The number of amides is 2. The van der Waals surface area contributed by atoms with Gasteiger partial charge in [0.2, 0.25) is 5.82 Å².